The maximum atomic E-state index is 13.4. The van der Waals surface area contributed by atoms with Crippen LogP contribution in [0.4, 0.5) is 14.5 Å². The van der Waals surface area contributed by atoms with Gasteiger partial charge in [0, 0.05) is 6.04 Å². The Hall–Kier alpha value is -1.16. The standard InChI is InChI=1S/C12H16F2N2/c1-16-7-5-9(6-8-16)15-11-4-2-3-10(13)12(11)14/h2-4,9,15H,5-8H2,1H3. The second-order valence-corrected chi connectivity index (χ2v) is 4.32. The molecule has 1 aliphatic rings. The van der Waals surface area contributed by atoms with Crippen LogP contribution in [0, 0.1) is 11.6 Å². The third-order valence-corrected chi connectivity index (χ3v) is 3.03. The van der Waals surface area contributed by atoms with Crippen molar-refractivity contribution in [3.63, 3.8) is 0 Å². The lowest BCUT2D eigenvalue weighted by Gasteiger charge is -2.30. The SMILES string of the molecule is CN1CCC(Nc2cccc(F)c2F)CC1. The minimum atomic E-state index is -0.794. The zero-order valence-electron chi connectivity index (χ0n) is 9.34. The molecule has 1 saturated heterocycles. The van der Waals surface area contributed by atoms with E-state index < -0.39 is 11.6 Å². The van der Waals surface area contributed by atoms with Gasteiger partial charge in [-0.1, -0.05) is 6.07 Å². The van der Waals surface area contributed by atoms with Crippen LogP contribution in [0.15, 0.2) is 18.2 Å². The van der Waals surface area contributed by atoms with Gasteiger partial charge < -0.3 is 10.2 Å². The molecule has 0 aromatic heterocycles. The lowest BCUT2D eigenvalue weighted by Crippen LogP contribution is -2.36. The molecule has 1 fully saturated rings. The summed E-state index contributed by atoms with van der Waals surface area (Å²) in [7, 11) is 2.07. The van der Waals surface area contributed by atoms with Gasteiger partial charge in [-0.3, -0.25) is 0 Å². The first-order valence-corrected chi connectivity index (χ1v) is 5.56. The third kappa shape index (κ3) is 2.50. The Morgan fingerprint density at radius 3 is 2.62 bits per heavy atom. The molecule has 0 atom stereocenters. The molecule has 0 bridgehead atoms. The lowest BCUT2D eigenvalue weighted by atomic mass is 10.1. The third-order valence-electron chi connectivity index (χ3n) is 3.03. The quantitative estimate of drug-likeness (QED) is 0.833. The van der Waals surface area contributed by atoms with Crippen LogP contribution >= 0.6 is 0 Å². The maximum absolute atomic E-state index is 13.4. The number of halogens is 2. The summed E-state index contributed by atoms with van der Waals surface area (Å²) in [5, 5.41) is 3.07. The normalized spacial score (nSPS) is 18.7. The van der Waals surface area contributed by atoms with Gasteiger partial charge in [0.1, 0.15) is 0 Å². The molecule has 0 amide bonds. The van der Waals surface area contributed by atoms with E-state index in [4.69, 9.17) is 0 Å². The summed E-state index contributed by atoms with van der Waals surface area (Å²) in [6.45, 7) is 1.99. The first-order chi connectivity index (χ1) is 7.66. The van der Waals surface area contributed by atoms with E-state index in [0.717, 1.165) is 32.0 Å². The predicted octanol–water partition coefficient (Wildman–Crippen LogP) is 2.47. The van der Waals surface area contributed by atoms with Crippen molar-refractivity contribution in [2.45, 2.75) is 18.9 Å². The molecule has 0 unspecified atom stereocenters. The van der Waals surface area contributed by atoms with Gasteiger partial charge in [-0.25, -0.2) is 8.78 Å². The smallest absolute Gasteiger partial charge is 0.181 e. The number of nitrogens with zero attached hydrogens (tertiary/aromatic N) is 1. The molecule has 1 heterocycles. The molecule has 0 spiro atoms. The number of hydrogen-bond donors (Lipinski definition) is 1. The van der Waals surface area contributed by atoms with Gasteiger partial charge in [-0.2, -0.15) is 0 Å². The molecule has 88 valence electrons. The fraction of sp³-hybridized carbons (Fsp3) is 0.500. The average molecular weight is 226 g/mol. The Morgan fingerprint density at radius 2 is 1.94 bits per heavy atom. The largest absolute Gasteiger partial charge is 0.380 e. The highest BCUT2D eigenvalue weighted by Crippen LogP contribution is 2.20. The number of nitrogens with one attached hydrogen (secondary N) is 1. The topological polar surface area (TPSA) is 15.3 Å². The van der Waals surface area contributed by atoms with Crippen LogP contribution in [0.1, 0.15) is 12.8 Å². The molecule has 0 radical (unpaired) electrons. The van der Waals surface area contributed by atoms with Gasteiger partial charge >= 0.3 is 0 Å². The van der Waals surface area contributed by atoms with Gasteiger partial charge in [0.05, 0.1) is 5.69 Å². The van der Waals surface area contributed by atoms with E-state index in [1.165, 1.54) is 6.07 Å². The van der Waals surface area contributed by atoms with Gasteiger partial charge in [-0.05, 0) is 45.1 Å². The van der Waals surface area contributed by atoms with Crippen molar-refractivity contribution >= 4 is 5.69 Å². The minimum absolute atomic E-state index is 0.243. The van der Waals surface area contributed by atoms with Crippen LogP contribution in [0.3, 0.4) is 0 Å². The molecule has 1 aromatic rings. The summed E-state index contributed by atoms with van der Waals surface area (Å²) in [5.74, 6) is -1.57. The molecular formula is C12H16F2N2. The van der Waals surface area contributed by atoms with E-state index in [-0.39, 0.29) is 11.7 Å². The number of benzene rings is 1. The second-order valence-electron chi connectivity index (χ2n) is 4.32. The summed E-state index contributed by atoms with van der Waals surface area (Å²) >= 11 is 0. The molecule has 2 nitrogen and oxygen atoms in total. The van der Waals surface area contributed by atoms with E-state index in [1.54, 1.807) is 6.07 Å². The van der Waals surface area contributed by atoms with Crippen LogP contribution < -0.4 is 5.32 Å². The molecule has 2 rings (SSSR count). The first kappa shape index (κ1) is 11.3. The summed E-state index contributed by atoms with van der Waals surface area (Å²) in [4.78, 5) is 2.24. The summed E-state index contributed by atoms with van der Waals surface area (Å²) < 4.78 is 26.4. The van der Waals surface area contributed by atoms with Crippen LogP contribution in [-0.2, 0) is 0 Å². The van der Waals surface area contributed by atoms with Gasteiger partial charge in [0.15, 0.2) is 11.6 Å². The fourth-order valence-electron chi connectivity index (χ4n) is 1.99. The zero-order valence-corrected chi connectivity index (χ0v) is 9.34. The molecule has 16 heavy (non-hydrogen) atoms. The second kappa shape index (κ2) is 4.78. The number of hydrogen-bond acceptors (Lipinski definition) is 2. The van der Waals surface area contributed by atoms with Crippen LogP contribution in [0.2, 0.25) is 0 Å². The molecule has 0 aliphatic carbocycles. The highest BCUT2D eigenvalue weighted by atomic mass is 19.2. The van der Waals surface area contributed by atoms with Gasteiger partial charge in [0.2, 0.25) is 0 Å². The predicted molar refractivity (Wildman–Crippen MR) is 60.5 cm³/mol. The van der Waals surface area contributed by atoms with Crippen molar-refractivity contribution in [2.24, 2.45) is 0 Å². The number of likely N-dealkylation sites (tertiary alicyclic amines) is 1. The van der Waals surface area contributed by atoms with Crippen molar-refractivity contribution in [3.05, 3.63) is 29.8 Å². The summed E-state index contributed by atoms with van der Waals surface area (Å²) in [5.41, 5.74) is 0.273. The lowest BCUT2D eigenvalue weighted by molar-refractivity contribution is 0.263. The molecule has 1 aliphatic heterocycles. The van der Waals surface area contributed by atoms with E-state index in [0.29, 0.717) is 0 Å². The number of anilines is 1. The van der Waals surface area contributed by atoms with Gasteiger partial charge in [0.25, 0.3) is 0 Å². The van der Waals surface area contributed by atoms with E-state index in [1.807, 2.05) is 0 Å². The van der Waals surface area contributed by atoms with E-state index in [2.05, 4.69) is 17.3 Å². The van der Waals surface area contributed by atoms with E-state index >= 15 is 0 Å². The van der Waals surface area contributed by atoms with Crippen LogP contribution in [0.5, 0.6) is 0 Å². The minimum Gasteiger partial charge on any atom is -0.380 e. The van der Waals surface area contributed by atoms with Crippen molar-refractivity contribution in [1.82, 2.24) is 4.90 Å². The first-order valence-electron chi connectivity index (χ1n) is 5.56. The molecule has 0 saturated carbocycles. The Bertz CT molecular complexity index is 360. The number of rotatable bonds is 2. The van der Waals surface area contributed by atoms with Crippen LogP contribution in [0.25, 0.3) is 0 Å². The van der Waals surface area contributed by atoms with E-state index in [9.17, 15) is 8.78 Å². The number of piperidine rings is 1. The molecule has 1 N–H and O–H groups in total. The van der Waals surface area contributed by atoms with Crippen molar-refractivity contribution in [3.8, 4) is 0 Å². The highest BCUT2D eigenvalue weighted by Gasteiger charge is 2.18. The van der Waals surface area contributed by atoms with Crippen molar-refractivity contribution in [2.75, 3.05) is 25.5 Å². The average Bonchev–Trinajstić information content (AvgIpc) is 2.28. The monoisotopic (exact) mass is 226 g/mol. The summed E-state index contributed by atoms with van der Waals surface area (Å²) in [6, 6.07) is 4.48. The highest BCUT2D eigenvalue weighted by molar-refractivity contribution is 5.45. The Morgan fingerprint density at radius 1 is 1.25 bits per heavy atom. The van der Waals surface area contributed by atoms with Crippen molar-refractivity contribution in [1.29, 1.82) is 0 Å². The molecule has 1 aromatic carbocycles. The zero-order chi connectivity index (χ0) is 11.5. The maximum Gasteiger partial charge on any atom is 0.181 e. The Labute approximate surface area is 94.3 Å². The summed E-state index contributed by atoms with van der Waals surface area (Å²) in [6.07, 6.45) is 1.93. The Balaban J connectivity index is 2.01. The molecule has 4 heteroatoms. The van der Waals surface area contributed by atoms with Crippen LogP contribution in [-0.4, -0.2) is 31.1 Å². The van der Waals surface area contributed by atoms with Gasteiger partial charge in [-0.15, -0.1) is 0 Å². The fourth-order valence-corrected chi connectivity index (χ4v) is 1.99. The Kier molecular flexibility index (Phi) is 3.39. The molecular weight excluding hydrogens is 210 g/mol. The van der Waals surface area contributed by atoms with Crippen molar-refractivity contribution < 1.29 is 8.78 Å².